The second-order valence-corrected chi connectivity index (χ2v) is 6.33. The molecule has 126 valence electrons. The topological polar surface area (TPSA) is 25.2 Å². The Morgan fingerprint density at radius 2 is 1.72 bits per heavy atom. The lowest BCUT2D eigenvalue weighted by Crippen LogP contribution is -2.43. The Hall–Kier alpha value is -2.88. The van der Waals surface area contributed by atoms with Gasteiger partial charge in [-0.1, -0.05) is 42.5 Å². The van der Waals surface area contributed by atoms with Crippen molar-refractivity contribution >= 4 is 5.91 Å². The zero-order valence-corrected chi connectivity index (χ0v) is 13.8. The Morgan fingerprint density at radius 3 is 2.48 bits per heavy atom. The summed E-state index contributed by atoms with van der Waals surface area (Å²) in [5.41, 5.74) is 3.07. The molecule has 2 heterocycles. The molecule has 1 amide bonds. The number of aromatic nitrogens is 1. The number of rotatable bonds is 3. The van der Waals surface area contributed by atoms with Crippen LogP contribution in [-0.4, -0.2) is 21.9 Å². The summed E-state index contributed by atoms with van der Waals surface area (Å²) in [6.07, 6.45) is 2.34. The molecular weight excluding hydrogens is 315 g/mol. The van der Waals surface area contributed by atoms with Crippen LogP contribution >= 0.6 is 0 Å². The van der Waals surface area contributed by atoms with Gasteiger partial charge in [0.05, 0.1) is 12.5 Å². The molecule has 3 nitrogen and oxygen atoms in total. The molecule has 1 aromatic heterocycles. The number of benzene rings is 2. The van der Waals surface area contributed by atoms with Crippen molar-refractivity contribution in [3.63, 3.8) is 0 Å². The van der Waals surface area contributed by atoms with Crippen molar-refractivity contribution in [2.45, 2.75) is 19.0 Å². The number of carbonyl (C=O) groups excluding carboxylic acids is 1. The first-order valence-corrected chi connectivity index (χ1v) is 8.46. The number of hydrogen-bond acceptors (Lipinski definition) is 1. The molecule has 0 bridgehead atoms. The first-order chi connectivity index (χ1) is 12.2. The van der Waals surface area contributed by atoms with Gasteiger partial charge in [0, 0.05) is 25.0 Å². The lowest BCUT2D eigenvalue weighted by molar-refractivity contribution is -0.133. The molecule has 2 aromatic carbocycles. The second kappa shape index (κ2) is 6.55. The summed E-state index contributed by atoms with van der Waals surface area (Å²) in [5, 5.41) is 0. The fourth-order valence-corrected chi connectivity index (χ4v) is 3.52. The van der Waals surface area contributed by atoms with Crippen molar-refractivity contribution in [2.75, 3.05) is 6.54 Å². The summed E-state index contributed by atoms with van der Waals surface area (Å²) >= 11 is 0. The molecule has 0 N–H and O–H groups in total. The Bertz CT molecular complexity index is 870. The number of halogens is 1. The molecule has 0 radical (unpaired) electrons. The van der Waals surface area contributed by atoms with Crippen LogP contribution in [0.15, 0.2) is 72.9 Å². The molecule has 4 heteroatoms. The van der Waals surface area contributed by atoms with Crippen LogP contribution in [0.1, 0.15) is 22.9 Å². The fourth-order valence-electron chi connectivity index (χ4n) is 3.52. The van der Waals surface area contributed by atoms with E-state index in [9.17, 15) is 9.18 Å². The number of fused-ring (bicyclic) bond motifs is 1. The van der Waals surface area contributed by atoms with E-state index in [4.69, 9.17) is 0 Å². The summed E-state index contributed by atoms with van der Waals surface area (Å²) in [4.78, 5) is 14.9. The minimum atomic E-state index is -0.283. The largest absolute Gasteiger partial charge is 0.348 e. The van der Waals surface area contributed by atoms with Gasteiger partial charge in [-0.05, 0) is 35.4 Å². The molecule has 3 aromatic rings. The van der Waals surface area contributed by atoms with Crippen LogP contribution < -0.4 is 0 Å². The number of hydrogen-bond donors (Lipinski definition) is 0. The third kappa shape index (κ3) is 3.07. The molecule has 1 aliphatic heterocycles. The van der Waals surface area contributed by atoms with Gasteiger partial charge in [-0.25, -0.2) is 4.39 Å². The average molecular weight is 334 g/mol. The Labute approximate surface area is 146 Å². The van der Waals surface area contributed by atoms with Gasteiger partial charge in [0.25, 0.3) is 0 Å². The van der Waals surface area contributed by atoms with Crippen LogP contribution in [0, 0.1) is 5.82 Å². The van der Waals surface area contributed by atoms with E-state index in [1.165, 1.54) is 12.1 Å². The molecule has 0 fully saturated rings. The summed E-state index contributed by atoms with van der Waals surface area (Å²) < 4.78 is 15.3. The van der Waals surface area contributed by atoms with Crippen molar-refractivity contribution < 1.29 is 9.18 Å². The standard InChI is InChI=1S/C21H19FN2O/c22-18-10-8-16(9-11-18)15-20(25)24-14-13-23-12-4-7-19(23)21(24)17-5-2-1-3-6-17/h1-12,21H,13-15H2. The van der Waals surface area contributed by atoms with Gasteiger partial charge in [0.2, 0.25) is 5.91 Å². The third-order valence-electron chi connectivity index (χ3n) is 4.74. The minimum absolute atomic E-state index is 0.0629. The maximum Gasteiger partial charge on any atom is 0.227 e. The van der Waals surface area contributed by atoms with Crippen LogP contribution in [0.3, 0.4) is 0 Å². The molecule has 0 aliphatic carbocycles. The van der Waals surface area contributed by atoms with E-state index in [0.29, 0.717) is 6.54 Å². The number of carbonyl (C=O) groups is 1. The van der Waals surface area contributed by atoms with E-state index in [0.717, 1.165) is 23.4 Å². The van der Waals surface area contributed by atoms with E-state index in [2.05, 4.69) is 29.0 Å². The molecule has 0 saturated carbocycles. The molecule has 1 aliphatic rings. The van der Waals surface area contributed by atoms with Crippen molar-refractivity contribution in [3.05, 3.63) is 95.6 Å². The average Bonchev–Trinajstić information content (AvgIpc) is 3.12. The highest BCUT2D eigenvalue weighted by Gasteiger charge is 2.31. The van der Waals surface area contributed by atoms with Crippen LogP contribution in [0.5, 0.6) is 0 Å². The molecule has 4 rings (SSSR count). The zero-order valence-electron chi connectivity index (χ0n) is 13.8. The number of amides is 1. The van der Waals surface area contributed by atoms with E-state index < -0.39 is 0 Å². The fraction of sp³-hybridized carbons (Fsp3) is 0.190. The van der Waals surface area contributed by atoms with Gasteiger partial charge in [0.15, 0.2) is 0 Å². The molecular formula is C21H19FN2O. The maximum absolute atomic E-state index is 13.1. The van der Waals surface area contributed by atoms with Crippen molar-refractivity contribution in [2.24, 2.45) is 0 Å². The molecule has 1 atom stereocenters. The predicted octanol–water partition coefficient (Wildman–Crippen LogP) is 3.80. The minimum Gasteiger partial charge on any atom is -0.348 e. The highest BCUT2D eigenvalue weighted by molar-refractivity contribution is 5.80. The summed E-state index contributed by atoms with van der Waals surface area (Å²) in [6.45, 7) is 1.46. The normalized spacial score (nSPS) is 16.5. The van der Waals surface area contributed by atoms with Crippen LogP contribution in [0.4, 0.5) is 4.39 Å². The van der Waals surface area contributed by atoms with Gasteiger partial charge in [-0.2, -0.15) is 0 Å². The Morgan fingerprint density at radius 1 is 0.960 bits per heavy atom. The third-order valence-corrected chi connectivity index (χ3v) is 4.74. The summed E-state index contributed by atoms with van der Waals surface area (Å²) in [7, 11) is 0. The Balaban J connectivity index is 1.65. The Kier molecular flexibility index (Phi) is 4.10. The van der Waals surface area contributed by atoms with Gasteiger partial charge < -0.3 is 9.47 Å². The van der Waals surface area contributed by atoms with E-state index in [1.807, 2.05) is 29.2 Å². The van der Waals surface area contributed by atoms with E-state index in [1.54, 1.807) is 12.1 Å². The maximum atomic E-state index is 13.1. The van der Waals surface area contributed by atoms with Crippen molar-refractivity contribution in [1.29, 1.82) is 0 Å². The van der Waals surface area contributed by atoms with Crippen LogP contribution in [0.2, 0.25) is 0 Å². The van der Waals surface area contributed by atoms with Crippen LogP contribution in [-0.2, 0) is 17.8 Å². The quantitative estimate of drug-likeness (QED) is 0.715. The zero-order chi connectivity index (χ0) is 17.2. The van der Waals surface area contributed by atoms with Gasteiger partial charge in [-0.3, -0.25) is 4.79 Å². The first kappa shape index (κ1) is 15.6. The van der Waals surface area contributed by atoms with Crippen LogP contribution in [0.25, 0.3) is 0 Å². The van der Waals surface area contributed by atoms with Gasteiger partial charge >= 0.3 is 0 Å². The molecule has 0 spiro atoms. The van der Waals surface area contributed by atoms with Crippen molar-refractivity contribution in [1.82, 2.24) is 9.47 Å². The SMILES string of the molecule is O=C(Cc1ccc(F)cc1)N1CCn2cccc2C1c1ccccc1. The lowest BCUT2D eigenvalue weighted by Gasteiger charge is -2.37. The van der Waals surface area contributed by atoms with Gasteiger partial charge in [0.1, 0.15) is 5.82 Å². The van der Waals surface area contributed by atoms with E-state index >= 15 is 0 Å². The highest BCUT2D eigenvalue weighted by Crippen LogP contribution is 2.32. The van der Waals surface area contributed by atoms with Gasteiger partial charge in [-0.15, -0.1) is 0 Å². The first-order valence-electron chi connectivity index (χ1n) is 8.46. The smallest absolute Gasteiger partial charge is 0.227 e. The number of nitrogens with zero attached hydrogens (tertiary/aromatic N) is 2. The lowest BCUT2D eigenvalue weighted by atomic mass is 9.99. The molecule has 1 unspecified atom stereocenters. The highest BCUT2D eigenvalue weighted by atomic mass is 19.1. The van der Waals surface area contributed by atoms with Crippen molar-refractivity contribution in [3.8, 4) is 0 Å². The molecule has 0 saturated heterocycles. The predicted molar refractivity (Wildman–Crippen MR) is 94.5 cm³/mol. The summed E-state index contributed by atoms with van der Waals surface area (Å²) in [5.74, 6) is -0.220. The monoisotopic (exact) mass is 334 g/mol. The van der Waals surface area contributed by atoms with E-state index in [-0.39, 0.29) is 24.2 Å². The summed E-state index contributed by atoms with van der Waals surface area (Å²) in [6, 6.07) is 20.3. The second-order valence-electron chi connectivity index (χ2n) is 6.33. The molecule has 25 heavy (non-hydrogen) atoms.